The van der Waals surface area contributed by atoms with Crippen molar-refractivity contribution in [1.82, 2.24) is 4.57 Å². The lowest BCUT2D eigenvalue weighted by Crippen LogP contribution is -1.95. The van der Waals surface area contributed by atoms with Gasteiger partial charge in [-0.25, -0.2) is 0 Å². The van der Waals surface area contributed by atoms with Crippen molar-refractivity contribution in [2.45, 2.75) is 20.1 Å². The monoisotopic (exact) mass is 301 g/mol. The van der Waals surface area contributed by atoms with Gasteiger partial charge in [-0.2, -0.15) is 0 Å². The van der Waals surface area contributed by atoms with Crippen molar-refractivity contribution in [3.8, 4) is 11.5 Å². The van der Waals surface area contributed by atoms with E-state index in [1.807, 2.05) is 30.3 Å². The molecular weight excluding hydrogens is 286 g/mol. The molecule has 0 spiro atoms. The summed E-state index contributed by atoms with van der Waals surface area (Å²) in [7, 11) is 0. The topological polar surface area (TPSA) is 34.4 Å². The fourth-order valence-corrected chi connectivity index (χ4v) is 2.64. The van der Waals surface area contributed by atoms with Crippen LogP contribution in [-0.4, -0.2) is 9.67 Å². The number of ether oxygens (including phenoxy) is 1. The number of benzene rings is 2. The molecule has 0 saturated heterocycles. The number of hydrogen-bond acceptors (Lipinski definition) is 2. The van der Waals surface area contributed by atoms with Crippen LogP contribution in [0.15, 0.2) is 48.7 Å². The number of nitrogens with zero attached hydrogens (tertiary/aromatic N) is 1. The normalized spacial score (nSPS) is 11.0. The molecule has 1 heterocycles. The number of hydrogen-bond donors (Lipinski definition) is 1. The Morgan fingerprint density at radius 3 is 2.76 bits per heavy atom. The van der Waals surface area contributed by atoms with Crippen LogP contribution in [-0.2, 0) is 13.2 Å². The van der Waals surface area contributed by atoms with Gasteiger partial charge in [-0.3, -0.25) is 0 Å². The minimum Gasteiger partial charge on any atom is -0.508 e. The maximum absolute atomic E-state index is 9.64. The van der Waals surface area contributed by atoms with Gasteiger partial charge in [0.2, 0.25) is 0 Å². The van der Waals surface area contributed by atoms with E-state index >= 15 is 0 Å². The van der Waals surface area contributed by atoms with Gasteiger partial charge in [0.1, 0.15) is 18.1 Å². The number of para-hydroxylation sites is 1. The third-order valence-corrected chi connectivity index (χ3v) is 3.82. The van der Waals surface area contributed by atoms with E-state index in [1.54, 1.807) is 12.1 Å². The SMILES string of the molecule is CCn1cc(COc2ccccc2Cl)c2ccc(O)cc21. The molecule has 0 amide bonds. The Morgan fingerprint density at radius 1 is 1.19 bits per heavy atom. The van der Waals surface area contributed by atoms with E-state index in [0.717, 1.165) is 23.0 Å². The average Bonchev–Trinajstić information content (AvgIpc) is 2.83. The van der Waals surface area contributed by atoms with Crippen LogP contribution in [0.25, 0.3) is 10.9 Å². The molecule has 0 aliphatic carbocycles. The first kappa shape index (κ1) is 13.8. The Balaban J connectivity index is 1.92. The van der Waals surface area contributed by atoms with Crippen molar-refractivity contribution in [2.24, 2.45) is 0 Å². The first-order valence-corrected chi connectivity index (χ1v) is 7.25. The van der Waals surface area contributed by atoms with Gasteiger partial charge in [0.15, 0.2) is 0 Å². The lowest BCUT2D eigenvalue weighted by atomic mass is 10.2. The van der Waals surface area contributed by atoms with Gasteiger partial charge in [-0.1, -0.05) is 23.7 Å². The van der Waals surface area contributed by atoms with Gasteiger partial charge < -0.3 is 14.4 Å². The highest BCUT2D eigenvalue weighted by atomic mass is 35.5. The third kappa shape index (κ3) is 2.69. The summed E-state index contributed by atoms with van der Waals surface area (Å²) in [5.74, 6) is 0.948. The first-order chi connectivity index (χ1) is 10.2. The summed E-state index contributed by atoms with van der Waals surface area (Å²) in [5, 5.41) is 11.3. The first-order valence-electron chi connectivity index (χ1n) is 6.87. The second-order valence-corrected chi connectivity index (χ2v) is 5.27. The fourth-order valence-electron chi connectivity index (χ4n) is 2.45. The Hall–Kier alpha value is -2.13. The second kappa shape index (κ2) is 5.70. The van der Waals surface area contributed by atoms with Crippen LogP contribution in [0.3, 0.4) is 0 Å². The van der Waals surface area contributed by atoms with E-state index in [2.05, 4.69) is 17.7 Å². The van der Waals surface area contributed by atoms with Gasteiger partial charge in [0.05, 0.1) is 10.5 Å². The molecule has 0 saturated carbocycles. The summed E-state index contributed by atoms with van der Waals surface area (Å²) in [5.41, 5.74) is 2.09. The number of phenols is 1. The van der Waals surface area contributed by atoms with Crippen molar-refractivity contribution in [3.05, 3.63) is 59.2 Å². The molecule has 21 heavy (non-hydrogen) atoms. The highest BCUT2D eigenvalue weighted by Crippen LogP contribution is 2.28. The molecule has 1 N–H and O–H groups in total. The standard InChI is InChI=1S/C17H16ClNO2/c1-2-19-10-12(14-8-7-13(20)9-16(14)19)11-21-17-6-4-3-5-15(17)18/h3-10,20H,2,11H2,1H3. The zero-order valence-corrected chi connectivity index (χ0v) is 12.5. The molecular formula is C17H16ClNO2. The maximum atomic E-state index is 9.64. The van der Waals surface area contributed by atoms with E-state index < -0.39 is 0 Å². The number of rotatable bonds is 4. The summed E-state index contributed by atoms with van der Waals surface area (Å²) < 4.78 is 7.91. The molecule has 0 fully saturated rings. The highest BCUT2D eigenvalue weighted by Gasteiger charge is 2.10. The molecule has 4 heteroatoms. The predicted octanol–water partition coefficient (Wildman–Crippen LogP) is 4.60. The number of aromatic nitrogens is 1. The Kier molecular flexibility index (Phi) is 3.76. The molecule has 0 atom stereocenters. The van der Waals surface area contributed by atoms with Crippen LogP contribution in [0.4, 0.5) is 0 Å². The largest absolute Gasteiger partial charge is 0.508 e. The van der Waals surface area contributed by atoms with E-state index in [1.165, 1.54) is 0 Å². The molecule has 3 rings (SSSR count). The molecule has 108 valence electrons. The van der Waals surface area contributed by atoms with Crippen LogP contribution in [0.5, 0.6) is 11.5 Å². The molecule has 3 aromatic rings. The van der Waals surface area contributed by atoms with Gasteiger partial charge >= 0.3 is 0 Å². The fraction of sp³-hybridized carbons (Fsp3) is 0.176. The quantitative estimate of drug-likeness (QED) is 0.764. The number of halogens is 1. The second-order valence-electron chi connectivity index (χ2n) is 4.86. The maximum Gasteiger partial charge on any atom is 0.138 e. The number of aryl methyl sites for hydroxylation is 1. The Bertz CT molecular complexity index is 780. The Labute approximate surface area is 128 Å². The van der Waals surface area contributed by atoms with E-state index in [0.29, 0.717) is 17.4 Å². The van der Waals surface area contributed by atoms with Gasteiger partial charge in [-0.15, -0.1) is 0 Å². The smallest absolute Gasteiger partial charge is 0.138 e. The van der Waals surface area contributed by atoms with Crippen molar-refractivity contribution < 1.29 is 9.84 Å². The number of fused-ring (bicyclic) bond motifs is 1. The van der Waals surface area contributed by atoms with E-state index in [4.69, 9.17) is 16.3 Å². The Morgan fingerprint density at radius 2 is 2.00 bits per heavy atom. The predicted molar refractivity (Wildman–Crippen MR) is 85.1 cm³/mol. The zero-order chi connectivity index (χ0) is 14.8. The van der Waals surface area contributed by atoms with E-state index in [9.17, 15) is 5.11 Å². The molecule has 0 radical (unpaired) electrons. The molecule has 0 aliphatic rings. The molecule has 3 nitrogen and oxygen atoms in total. The summed E-state index contributed by atoms with van der Waals surface area (Å²) in [6.45, 7) is 3.35. The van der Waals surface area contributed by atoms with Crippen molar-refractivity contribution in [2.75, 3.05) is 0 Å². The summed E-state index contributed by atoms with van der Waals surface area (Å²) in [6, 6.07) is 12.8. The molecule has 0 bridgehead atoms. The summed E-state index contributed by atoms with van der Waals surface area (Å²) >= 11 is 6.10. The number of aromatic hydroxyl groups is 1. The molecule has 2 aromatic carbocycles. The summed E-state index contributed by atoms with van der Waals surface area (Å²) in [4.78, 5) is 0. The average molecular weight is 302 g/mol. The summed E-state index contributed by atoms with van der Waals surface area (Å²) in [6.07, 6.45) is 2.06. The molecule has 0 aliphatic heterocycles. The lowest BCUT2D eigenvalue weighted by Gasteiger charge is -2.06. The van der Waals surface area contributed by atoms with Gasteiger partial charge in [0, 0.05) is 29.8 Å². The minimum absolute atomic E-state index is 0.272. The van der Waals surface area contributed by atoms with Crippen LogP contribution < -0.4 is 4.74 Å². The van der Waals surface area contributed by atoms with Crippen LogP contribution in [0.1, 0.15) is 12.5 Å². The zero-order valence-electron chi connectivity index (χ0n) is 11.7. The minimum atomic E-state index is 0.272. The van der Waals surface area contributed by atoms with Crippen LogP contribution in [0.2, 0.25) is 5.02 Å². The van der Waals surface area contributed by atoms with Crippen molar-refractivity contribution in [3.63, 3.8) is 0 Å². The lowest BCUT2D eigenvalue weighted by molar-refractivity contribution is 0.307. The van der Waals surface area contributed by atoms with Gasteiger partial charge in [0.25, 0.3) is 0 Å². The van der Waals surface area contributed by atoms with Crippen LogP contribution in [0, 0.1) is 0 Å². The van der Waals surface area contributed by atoms with Gasteiger partial charge in [-0.05, 0) is 31.2 Å². The number of phenolic OH excluding ortho intramolecular Hbond substituents is 1. The van der Waals surface area contributed by atoms with Crippen molar-refractivity contribution in [1.29, 1.82) is 0 Å². The van der Waals surface area contributed by atoms with Crippen LogP contribution >= 0.6 is 11.6 Å². The van der Waals surface area contributed by atoms with Crippen molar-refractivity contribution >= 4 is 22.5 Å². The highest BCUT2D eigenvalue weighted by molar-refractivity contribution is 6.32. The molecule has 0 unspecified atom stereocenters. The third-order valence-electron chi connectivity index (χ3n) is 3.51. The van der Waals surface area contributed by atoms with E-state index in [-0.39, 0.29) is 5.75 Å². The molecule has 1 aromatic heterocycles.